The SMILES string of the molecule is COC(=O)[C@@H](NC(=O)C(C)(C)C)C(C)C. The molecule has 15 heavy (non-hydrogen) atoms. The third-order valence-electron chi connectivity index (χ3n) is 2.09. The van der Waals surface area contributed by atoms with Crippen LogP contribution in [-0.2, 0) is 14.3 Å². The Morgan fingerprint density at radius 1 is 1.20 bits per heavy atom. The van der Waals surface area contributed by atoms with Gasteiger partial charge < -0.3 is 10.1 Å². The van der Waals surface area contributed by atoms with Crippen LogP contribution in [0.1, 0.15) is 34.6 Å². The van der Waals surface area contributed by atoms with Crippen LogP contribution in [-0.4, -0.2) is 25.0 Å². The van der Waals surface area contributed by atoms with Crippen molar-refractivity contribution in [2.24, 2.45) is 11.3 Å². The van der Waals surface area contributed by atoms with Crippen molar-refractivity contribution in [3.05, 3.63) is 0 Å². The number of carbonyl (C=O) groups is 2. The van der Waals surface area contributed by atoms with Crippen molar-refractivity contribution in [1.82, 2.24) is 5.32 Å². The Labute approximate surface area is 91.4 Å². The molecule has 0 aromatic carbocycles. The van der Waals surface area contributed by atoms with E-state index in [1.807, 2.05) is 13.8 Å². The van der Waals surface area contributed by atoms with Crippen LogP contribution in [0.25, 0.3) is 0 Å². The summed E-state index contributed by atoms with van der Waals surface area (Å²) in [5, 5.41) is 2.69. The number of ether oxygens (including phenoxy) is 1. The monoisotopic (exact) mass is 215 g/mol. The van der Waals surface area contributed by atoms with Gasteiger partial charge in [-0.05, 0) is 5.92 Å². The number of amides is 1. The Morgan fingerprint density at radius 2 is 1.67 bits per heavy atom. The highest BCUT2D eigenvalue weighted by Gasteiger charge is 2.29. The Balaban J connectivity index is 4.57. The lowest BCUT2D eigenvalue weighted by Gasteiger charge is -2.24. The molecule has 0 saturated heterocycles. The number of hydrogen-bond donors (Lipinski definition) is 1. The summed E-state index contributed by atoms with van der Waals surface area (Å²) in [6.07, 6.45) is 0. The maximum absolute atomic E-state index is 11.7. The smallest absolute Gasteiger partial charge is 0.328 e. The molecule has 1 amide bonds. The molecule has 0 unspecified atom stereocenters. The van der Waals surface area contributed by atoms with Gasteiger partial charge in [0.05, 0.1) is 7.11 Å². The van der Waals surface area contributed by atoms with Gasteiger partial charge in [0.25, 0.3) is 0 Å². The molecule has 4 heteroatoms. The number of carbonyl (C=O) groups excluding carboxylic acids is 2. The van der Waals surface area contributed by atoms with Crippen molar-refractivity contribution >= 4 is 11.9 Å². The molecule has 0 fully saturated rings. The van der Waals surface area contributed by atoms with Crippen LogP contribution < -0.4 is 5.32 Å². The van der Waals surface area contributed by atoms with Gasteiger partial charge in [-0.2, -0.15) is 0 Å². The zero-order valence-corrected chi connectivity index (χ0v) is 10.4. The lowest BCUT2D eigenvalue weighted by atomic mass is 9.94. The number of nitrogens with one attached hydrogen (secondary N) is 1. The zero-order valence-electron chi connectivity index (χ0n) is 10.4. The van der Waals surface area contributed by atoms with Gasteiger partial charge in [0.2, 0.25) is 5.91 Å². The highest BCUT2D eigenvalue weighted by atomic mass is 16.5. The summed E-state index contributed by atoms with van der Waals surface area (Å²) in [7, 11) is 1.32. The van der Waals surface area contributed by atoms with Gasteiger partial charge in [0.15, 0.2) is 0 Å². The van der Waals surface area contributed by atoms with Crippen molar-refractivity contribution in [2.45, 2.75) is 40.7 Å². The first-order valence-corrected chi connectivity index (χ1v) is 5.09. The molecule has 0 aromatic rings. The summed E-state index contributed by atoms with van der Waals surface area (Å²) >= 11 is 0. The molecule has 0 heterocycles. The van der Waals surface area contributed by atoms with Crippen LogP contribution in [0.4, 0.5) is 0 Å². The fourth-order valence-electron chi connectivity index (χ4n) is 0.982. The van der Waals surface area contributed by atoms with Crippen molar-refractivity contribution in [3.63, 3.8) is 0 Å². The molecule has 0 bridgehead atoms. The second kappa shape index (κ2) is 5.14. The number of methoxy groups -OCH3 is 1. The standard InChI is InChI=1S/C11H21NO3/c1-7(2)8(9(13)15-6)12-10(14)11(3,4)5/h7-8H,1-6H3,(H,12,14)/t8-/m0/s1. The first-order chi connectivity index (χ1) is 6.70. The zero-order chi connectivity index (χ0) is 12.2. The summed E-state index contributed by atoms with van der Waals surface area (Å²) in [6.45, 7) is 9.14. The molecule has 0 radical (unpaired) electrons. The van der Waals surface area contributed by atoms with Crippen molar-refractivity contribution in [3.8, 4) is 0 Å². The molecule has 1 N–H and O–H groups in total. The second-order valence-electron chi connectivity index (χ2n) is 4.97. The number of esters is 1. The fourth-order valence-corrected chi connectivity index (χ4v) is 0.982. The molecule has 0 saturated carbocycles. The van der Waals surface area contributed by atoms with E-state index in [0.717, 1.165) is 0 Å². The third-order valence-corrected chi connectivity index (χ3v) is 2.09. The normalized spacial score (nSPS) is 13.5. The van der Waals surface area contributed by atoms with Crippen molar-refractivity contribution in [1.29, 1.82) is 0 Å². The van der Waals surface area contributed by atoms with Crippen molar-refractivity contribution < 1.29 is 14.3 Å². The van der Waals surface area contributed by atoms with Crippen molar-refractivity contribution in [2.75, 3.05) is 7.11 Å². The highest BCUT2D eigenvalue weighted by Crippen LogP contribution is 2.14. The minimum absolute atomic E-state index is 0.0174. The summed E-state index contributed by atoms with van der Waals surface area (Å²) in [5.74, 6) is -0.530. The lowest BCUT2D eigenvalue weighted by Crippen LogP contribution is -2.48. The van der Waals surface area contributed by atoms with Gasteiger partial charge in [-0.15, -0.1) is 0 Å². The molecular weight excluding hydrogens is 194 g/mol. The third kappa shape index (κ3) is 4.32. The summed E-state index contributed by atoms with van der Waals surface area (Å²) < 4.78 is 4.63. The highest BCUT2D eigenvalue weighted by molar-refractivity contribution is 5.87. The Hall–Kier alpha value is -1.06. The molecular formula is C11H21NO3. The van der Waals surface area contributed by atoms with E-state index in [2.05, 4.69) is 10.1 Å². The molecule has 0 aliphatic rings. The molecule has 0 aromatic heterocycles. The minimum Gasteiger partial charge on any atom is -0.467 e. The van der Waals surface area contributed by atoms with E-state index in [4.69, 9.17) is 0 Å². The van der Waals surface area contributed by atoms with E-state index in [1.165, 1.54) is 7.11 Å². The van der Waals surface area contributed by atoms with Crippen LogP contribution in [0.15, 0.2) is 0 Å². The first kappa shape index (κ1) is 13.9. The van der Waals surface area contributed by atoms with Crippen LogP contribution >= 0.6 is 0 Å². The van der Waals surface area contributed by atoms with Gasteiger partial charge in [-0.1, -0.05) is 34.6 Å². The average molecular weight is 215 g/mol. The van der Waals surface area contributed by atoms with Gasteiger partial charge >= 0.3 is 5.97 Å². The second-order valence-corrected chi connectivity index (χ2v) is 4.97. The molecule has 0 rings (SSSR count). The summed E-state index contributed by atoms with van der Waals surface area (Å²) in [5.41, 5.74) is -0.499. The lowest BCUT2D eigenvalue weighted by molar-refractivity contribution is -0.147. The predicted octanol–water partition coefficient (Wildman–Crippen LogP) is 1.35. The Bertz CT molecular complexity index is 241. The van der Waals surface area contributed by atoms with Gasteiger partial charge in [-0.3, -0.25) is 4.79 Å². The Morgan fingerprint density at radius 3 is 1.93 bits per heavy atom. The average Bonchev–Trinajstić information content (AvgIpc) is 2.10. The van der Waals surface area contributed by atoms with Crippen LogP contribution in [0.3, 0.4) is 0 Å². The maximum atomic E-state index is 11.7. The van der Waals surface area contributed by atoms with Gasteiger partial charge in [0, 0.05) is 5.41 Å². The van der Waals surface area contributed by atoms with Crippen LogP contribution in [0.2, 0.25) is 0 Å². The molecule has 0 aliphatic heterocycles. The van der Waals surface area contributed by atoms with E-state index in [-0.39, 0.29) is 11.8 Å². The fraction of sp³-hybridized carbons (Fsp3) is 0.818. The minimum atomic E-state index is -0.568. The van der Waals surface area contributed by atoms with Crippen LogP contribution in [0, 0.1) is 11.3 Å². The summed E-state index contributed by atoms with van der Waals surface area (Å²) in [4.78, 5) is 23.1. The van der Waals surface area contributed by atoms with E-state index >= 15 is 0 Å². The Kier molecular flexibility index (Phi) is 4.78. The van der Waals surface area contributed by atoms with E-state index < -0.39 is 17.4 Å². The van der Waals surface area contributed by atoms with Gasteiger partial charge in [0.1, 0.15) is 6.04 Å². The summed E-state index contributed by atoms with van der Waals surface area (Å²) in [6, 6.07) is -0.568. The molecule has 0 spiro atoms. The van der Waals surface area contributed by atoms with Crippen LogP contribution in [0.5, 0.6) is 0 Å². The molecule has 4 nitrogen and oxygen atoms in total. The van der Waals surface area contributed by atoms with E-state index in [9.17, 15) is 9.59 Å². The topological polar surface area (TPSA) is 55.4 Å². The first-order valence-electron chi connectivity index (χ1n) is 5.09. The largest absolute Gasteiger partial charge is 0.467 e. The number of rotatable bonds is 3. The molecule has 0 aliphatic carbocycles. The quantitative estimate of drug-likeness (QED) is 0.723. The molecule has 1 atom stereocenters. The van der Waals surface area contributed by atoms with Gasteiger partial charge in [-0.25, -0.2) is 4.79 Å². The maximum Gasteiger partial charge on any atom is 0.328 e. The predicted molar refractivity (Wildman–Crippen MR) is 58.2 cm³/mol. The van der Waals surface area contributed by atoms with E-state index in [0.29, 0.717) is 0 Å². The molecule has 88 valence electrons. The number of hydrogen-bond acceptors (Lipinski definition) is 3. The van der Waals surface area contributed by atoms with E-state index in [1.54, 1.807) is 20.8 Å².